The summed E-state index contributed by atoms with van der Waals surface area (Å²) in [6, 6.07) is 8.81. The number of aliphatic imine (C=N–C) groups is 1. The van der Waals surface area contributed by atoms with Gasteiger partial charge in [-0.3, -0.25) is 14.8 Å². The zero-order valence-corrected chi connectivity index (χ0v) is 18.8. The van der Waals surface area contributed by atoms with Gasteiger partial charge in [0, 0.05) is 50.8 Å². The molecule has 6 nitrogen and oxygen atoms in total. The Morgan fingerprint density at radius 2 is 1.93 bits per heavy atom. The minimum absolute atomic E-state index is 0.200. The van der Waals surface area contributed by atoms with E-state index in [2.05, 4.69) is 70.4 Å². The number of hydrogen-bond acceptors (Lipinski definition) is 4. The largest absolute Gasteiger partial charge is 0.355 e. The van der Waals surface area contributed by atoms with E-state index in [1.807, 2.05) is 19.2 Å². The maximum atomic E-state index is 6.51. The van der Waals surface area contributed by atoms with Gasteiger partial charge >= 0.3 is 0 Å². The molecule has 1 aliphatic heterocycles. The zero-order valence-electron chi connectivity index (χ0n) is 18.1. The topological polar surface area (TPSA) is 46.1 Å². The molecule has 0 radical (unpaired) electrons. The Hall–Kier alpha value is -1.34. The molecule has 1 aliphatic rings. The van der Waals surface area contributed by atoms with Crippen LogP contribution in [-0.2, 0) is 0 Å². The number of likely N-dealkylation sites (N-methyl/N-ethyl adjacent to an activating group) is 3. The van der Waals surface area contributed by atoms with Crippen molar-refractivity contribution in [3.8, 4) is 0 Å². The highest BCUT2D eigenvalue weighted by molar-refractivity contribution is 6.31. The number of guanidine groups is 1. The third-order valence-corrected chi connectivity index (χ3v) is 6.03. The zero-order chi connectivity index (χ0) is 20.5. The standard InChI is InChI=1S/C21H37ClN6/c1-6-28(7-2)20(18-10-8-9-11-19(18)22)15-25-21(23-3)24-14-17-16-26(4)12-13-27(17)5/h8-11,17,20H,6-7,12-16H2,1-5H3,(H2,23,24,25). The summed E-state index contributed by atoms with van der Waals surface area (Å²) in [5.41, 5.74) is 1.16. The van der Waals surface area contributed by atoms with E-state index in [4.69, 9.17) is 11.6 Å². The number of halogens is 1. The van der Waals surface area contributed by atoms with Gasteiger partial charge in [0.05, 0.1) is 6.04 Å². The Morgan fingerprint density at radius 1 is 1.21 bits per heavy atom. The first-order valence-corrected chi connectivity index (χ1v) is 10.7. The molecule has 0 amide bonds. The van der Waals surface area contributed by atoms with Crippen LogP contribution in [-0.4, -0.2) is 93.7 Å². The molecule has 28 heavy (non-hydrogen) atoms. The molecular weight excluding hydrogens is 372 g/mol. The van der Waals surface area contributed by atoms with Gasteiger partial charge in [0.15, 0.2) is 5.96 Å². The maximum absolute atomic E-state index is 6.51. The van der Waals surface area contributed by atoms with E-state index >= 15 is 0 Å². The molecular formula is C21H37ClN6. The highest BCUT2D eigenvalue weighted by atomic mass is 35.5. The van der Waals surface area contributed by atoms with Crippen LogP contribution in [0.3, 0.4) is 0 Å². The van der Waals surface area contributed by atoms with Crippen LogP contribution in [0.4, 0.5) is 0 Å². The van der Waals surface area contributed by atoms with Crippen LogP contribution in [0.2, 0.25) is 5.02 Å². The van der Waals surface area contributed by atoms with Gasteiger partial charge in [0.25, 0.3) is 0 Å². The number of rotatable bonds is 8. The molecule has 1 fully saturated rings. The lowest BCUT2D eigenvalue weighted by atomic mass is 10.0. The van der Waals surface area contributed by atoms with Crippen molar-refractivity contribution < 1.29 is 0 Å². The maximum Gasteiger partial charge on any atom is 0.191 e. The van der Waals surface area contributed by atoms with E-state index in [9.17, 15) is 0 Å². The molecule has 2 N–H and O–H groups in total. The van der Waals surface area contributed by atoms with Gasteiger partial charge in [0.2, 0.25) is 0 Å². The molecule has 0 aromatic heterocycles. The summed E-state index contributed by atoms with van der Waals surface area (Å²) in [6.45, 7) is 11.3. The van der Waals surface area contributed by atoms with E-state index in [1.165, 1.54) is 0 Å². The monoisotopic (exact) mass is 408 g/mol. The average Bonchev–Trinajstić information content (AvgIpc) is 2.70. The normalized spacial score (nSPS) is 20.4. The molecule has 1 heterocycles. The van der Waals surface area contributed by atoms with Gasteiger partial charge < -0.3 is 15.5 Å². The van der Waals surface area contributed by atoms with Crippen molar-refractivity contribution in [2.24, 2.45) is 4.99 Å². The lowest BCUT2D eigenvalue weighted by molar-refractivity contribution is 0.116. The Kier molecular flexibility index (Phi) is 9.51. The predicted octanol–water partition coefficient (Wildman–Crippen LogP) is 2.13. The third-order valence-electron chi connectivity index (χ3n) is 5.69. The average molecular weight is 409 g/mol. The van der Waals surface area contributed by atoms with Gasteiger partial charge in [-0.2, -0.15) is 0 Å². The number of hydrogen-bond donors (Lipinski definition) is 2. The van der Waals surface area contributed by atoms with E-state index in [0.29, 0.717) is 6.04 Å². The molecule has 158 valence electrons. The summed E-state index contributed by atoms with van der Waals surface area (Å²) in [6.07, 6.45) is 0. The van der Waals surface area contributed by atoms with Crippen molar-refractivity contribution in [1.82, 2.24) is 25.3 Å². The second-order valence-corrected chi connectivity index (χ2v) is 7.90. The third kappa shape index (κ3) is 6.34. The summed E-state index contributed by atoms with van der Waals surface area (Å²) in [4.78, 5) is 11.7. The molecule has 1 aromatic rings. The Balaban J connectivity index is 1.99. The fourth-order valence-electron chi connectivity index (χ4n) is 3.80. The highest BCUT2D eigenvalue weighted by Gasteiger charge is 2.23. The van der Waals surface area contributed by atoms with Gasteiger partial charge in [-0.05, 0) is 38.8 Å². The van der Waals surface area contributed by atoms with Crippen molar-refractivity contribution in [2.75, 3.05) is 67.0 Å². The summed E-state index contributed by atoms with van der Waals surface area (Å²) in [7, 11) is 6.21. The first-order valence-electron chi connectivity index (χ1n) is 10.3. The van der Waals surface area contributed by atoms with E-state index in [-0.39, 0.29) is 6.04 Å². The Morgan fingerprint density at radius 3 is 2.57 bits per heavy atom. The highest BCUT2D eigenvalue weighted by Crippen LogP contribution is 2.26. The van der Waals surface area contributed by atoms with Crippen LogP contribution in [0.1, 0.15) is 25.5 Å². The quantitative estimate of drug-likeness (QED) is 0.509. The predicted molar refractivity (Wildman–Crippen MR) is 120 cm³/mol. The summed E-state index contributed by atoms with van der Waals surface area (Å²) in [5.74, 6) is 0.839. The second kappa shape index (κ2) is 11.6. The first-order chi connectivity index (χ1) is 13.5. The molecule has 0 aliphatic carbocycles. The van der Waals surface area contributed by atoms with Crippen molar-refractivity contribution in [3.63, 3.8) is 0 Å². The van der Waals surface area contributed by atoms with Gasteiger partial charge in [0.1, 0.15) is 0 Å². The Labute approximate surface area is 175 Å². The van der Waals surface area contributed by atoms with Gasteiger partial charge in [-0.25, -0.2) is 0 Å². The molecule has 0 bridgehead atoms. The van der Waals surface area contributed by atoms with Crippen molar-refractivity contribution in [2.45, 2.75) is 25.9 Å². The van der Waals surface area contributed by atoms with Gasteiger partial charge in [-0.15, -0.1) is 0 Å². The van der Waals surface area contributed by atoms with Crippen molar-refractivity contribution in [1.29, 1.82) is 0 Å². The number of piperazine rings is 1. The molecule has 0 spiro atoms. The van der Waals surface area contributed by atoms with Crippen LogP contribution in [0.5, 0.6) is 0 Å². The first kappa shape index (κ1) is 22.9. The lowest BCUT2D eigenvalue weighted by Gasteiger charge is -2.38. The molecule has 0 saturated carbocycles. The molecule has 1 saturated heterocycles. The van der Waals surface area contributed by atoms with E-state index < -0.39 is 0 Å². The van der Waals surface area contributed by atoms with Crippen molar-refractivity contribution in [3.05, 3.63) is 34.9 Å². The minimum atomic E-state index is 0.200. The minimum Gasteiger partial charge on any atom is -0.355 e. The van der Waals surface area contributed by atoms with Crippen LogP contribution in [0, 0.1) is 0 Å². The van der Waals surface area contributed by atoms with Crippen LogP contribution in [0.15, 0.2) is 29.3 Å². The van der Waals surface area contributed by atoms with E-state index in [0.717, 1.165) is 62.4 Å². The molecule has 1 aromatic carbocycles. The molecule has 2 unspecified atom stereocenters. The Bertz CT molecular complexity index is 619. The number of benzene rings is 1. The summed E-state index contributed by atoms with van der Waals surface area (Å²) >= 11 is 6.51. The molecule has 2 atom stereocenters. The van der Waals surface area contributed by atoms with Crippen LogP contribution in [0.25, 0.3) is 0 Å². The number of nitrogens with zero attached hydrogens (tertiary/aromatic N) is 4. The van der Waals surface area contributed by atoms with Crippen LogP contribution < -0.4 is 10.6 Å². The van der Waals surface area contributed by atoms with E-state index in [1.54, 1.807) is 0 Å². The van der Waals surface area contributed by atoms with Crippen LogP contribution >= 0.6 is 11.6 Å². The fourth-order valence-corrected chi connectivity index (χ4v) is 4.06. The smallest absolute Gasteiger partial charge is 0.191 e. The molecule has 2 rings (SSSR count). The molecule has 7 heteroatoms. The summed E-state index contributed by atoms with van der Waals surface area (Å²) < 4.78 is 0. The summed E-state index contributed by atoms with van der Waals surface area (Å²) in [5, 5.41) is 7.84. The second-order valence-electron chi connectivity index (χ2n) is 7.49. The van der Waals surface area contributed by atoms with Gasteiger partial charge in [-0.1, -0.05) is 43.6 Å². The van der Waals surface area contributed by atoms with Crippen molar-refractivity contribution >= 4 is 17.6 Å². The SMILES string of the molecule is CCN(CC)C(CNC(=NC)NCC1CN(C)CCN1C)c1ccccc1Cl. The lowest BCUT2D eigenvalue weighted by Crippen LogP contribution is -2.55. The number of nitrogens with one attached hydrogen (secondary N) is 2. The fraction of sp³-hybridized carbons (Fsp3) is 0.667.